The Morgan fingerprint density at radius 2 is 1.89 bits per heavy atom. The van der Waals surface area contributed by atoms with Crippen molar-refractivity contribution in [1.29, 1.82) is 0 Å². The Morgan fingerprint density at radius 1 is 1.16 bits per heavy atom. The molecule has 0 aliphatic carbocycles. The van der Waals surface area contributed by atoms with Crippen molar-refractivity contribution in [3.05, 3.63) is 59.4 Å². The number of nitrogens with one attached hydrogen (secondary N) is 2. The first kappa shape index (κ1) is 11.7. The number of hydrogen-bond donors (Lipinski definition) is 2. The molecule has 0 aromatic heterocycles. The van der Waals surface area contributed by atoms with Crippen molar-refractivity contribution < 1.29 is 9.18 Å². The van der Waals surface area contributed by atoms with Crippen LogP contribution in [0.3, 0.4) is 0 Å². The van der Waals surface area contributed by atoms with Crippen molar-refractivity contribution in [3.8, 4) is 0 Å². The number of aryl methyl sites for hydroxylation is 1. The summed E-state index contributed by atoms with van der Waals surface area (Å²) in [5.74, 6) is -0.386. The Balaban J connectivity index is 1.91. The minimum absolute atomic E-state index is 0.0927. The van der Waals surface area contributed by atoms with Crippen molar-refractivity contribution in [3.63, 3.8) is 0 Å². The van der Waals surface area contributed by atoms with Gasteiger partial charge in [0, 0.05) is 16.9 Å². The zero-order valence-electron chi connectivity index (χ0n) is 10.4. The molecule has 2 N–H and O–H groups in total. The first-order chi connectivity index (χ1) is 9.13. The van der Waals surface area contributed by atoms with E-state index in [0.29, 0.717) is 0 Å². The van der Waals surface area contributed by atoms with Crippen molar-refractivity contribution in [2.75, 3.05) is 10.6 Å². The Hall–Kier alpha value is -2.36. The molecular weight excluding hydrogens is 243 g/mol. The molecule has 4 heteroatoms. The molecule has 1 unspecified atom stereocenters. The van der Waals surface area contributed by atoms with Gasteiger partial charge in [0.1, 0.15) is 11.9 Å². The lowest BCUT2D eigenvalue weighted by Gasteiger charge is -2.13. The summed E-state index contributed by atoms with van der Waals surface area (Å²) in [7, 11) is 0. The topological polar surface area (TPSA) is 41.1 Å². The molecule has 3 nitrogen and oxygen atoms in total. The van der Waals surface area contributed by atoms with Gasteiger partial charge in [-0.1, -0.05) is 17.7 Å². The van der Waals surface area contributed by atoms with Crippen LogP contribution in [0.1, 0.15) is 17.2 Å². The van der Waals surface area contributed by atoms with Crippen molar-refractivity contribution in [2.45, 2.75) is 13.0 Å². The number of amides is 1. The van der Waals surface area contributed by atoms with Crippen LogP contribution in [0.15, 0.2) is 42.5 Å². The summed E-state index contributed by atoms with van der Waals surface area (Å²) in [5, 5.41) is 5.95. The number of hydrogen-bond acceptors (Lipinski definition) is 2. The maximum Gasteiger partial charge on any atom is 0.251 e. The van der Waals surface area contributed by atoms with E-state index in [0.717, 1.165) is 22.5 Å². The van der Waals surface area contributed by atoms with Crippen molar-refractivity contribution in [1.82, 2.24) is 0 Å². The number of halogens is 1. The molecule has 96 valence electrons. The van der Waals surface area contributed by atoms with E-state index < -0.39 is 6.04 Å². The fraction of sp³-hybridized carbons (Fsp3) is 0.133. The number of benzene rings is 2. The highest BCUT2D eigenvalue weighted by Crippen LogP contribution is 2.33. The SMILES string of the molecule is Cc1ccc2c(c1)C(Nc1ccc(F)cc1)C(=O)N2. The maximum atomic E-state index is 12.9. The summed E-state index contributed by atoms with van der Waals surface area (Å²) in [6, 6.07) is 11.4. The summed E-state index contributed by atoms with van der Waals surface area (Å²) in [4.78, 5) is 12.0. The van der Waals surface area contributed by atoms with Crippen LogP contribution in [0.2, 0.25) is 0 Å². The molecule has 19 heavy (non-hydrogen) atoms. The minimum atomic E-state index is -0.430. The summed E-state index contributed by atoms with van der Waals surface area (Å²) >= 11 is 0. The molecule has 1 aliphatic heterocycles. The van der Waals surface area contributed by atoms with Crippen LogP contribution in [0, 0.1) is 12.7 Å². The van der Waals surface area contributed by atoms with Gasteiger partial charge in [0.05, 0.1) is 0 Å². The zero-order chi connectivity index (χ0) is 13.4. The predicted molar refractivity (Wildman–Crippen MR) is 72.6 cm³/mol. The van der Waals surface area contributed by atoms with Crippen molar-refractivity contribution in [2.24, 2.45) is 0 Å². The normalized spacial score (nSPS) is 16.9. The van der Waals surface area contributed by atoms with Crippen LogP contribution in [0.25, 0.3) is 0 Å². The van der Waals surface area contributed by atoms with Gasteiger partial charge in [-0.05, 0) is 37.3 Å². The molecular formula is C15H13FN2O. The van der Waals surface area contributed by atoms with Crippen LogP contribution < -0.4 is 10.6 Å². The van der Waals surface area contributed by atoms with E-state index in [1.54, 1.807) is 12.1 Å². The highest BCUT2D eigenvalue weighted by molar-refractivity contribution is 6.04. The number of anilines is 2. The number of fused-ring (bicyclic) bond motifs is 1. The van der Waals surface area contributed by atoms with Crippen molar-refractivity contribution >= 4 is 17.3 Å². The summed E-state index contributed by atoms with van der Waals surface area (Å²) in [6.07, 6.45) is 0. The van der Waals surface area contributed by atoms with E-state index in [2.05, 4.69) is 10.6 Å². The molecule has 1 atom stereocenters. The van der Waals surface area contributed by atoms with Crippen LogP contribution in [-0.2, 0) is 4.79 Å². The van der Waals surface area contributed by atoms with Gasteiger partial charge in [0.25, 0.3) is 5.91 Å². The highest BCUT2D eigenvalue weighted by atomic mass is 19.1. The lowest BCUT2D eigenvalue weighted by Crippen LogP contribution is -2.19. The van der Waals surface area contributed by atoms with Gasteiger partial charge in [0.2, 0.25) is 0 Å². The molecule has 0 saturated carbocycles. The predicted octanol–water partition coefficient (Wildman–Crippen LogP) is 3.24. The second kappa shape index (κ2) is 4.39. The molecule has 1 aliphatic rings. The van der Waals surface area contributed by atoms with Gasteiger partial charge < -0.3 is 10.6 Å². The second-order valence-electron chi connectivity index (χ2n) is 4.66. The molecule has 2 aromatic rings. The van der Waals surface area contributed by atoms with Gasteiger partial charge in [-0.2, -0.15) is 0 Å². The number of carbonyl (C=O) groups is 1. The zero-order valence-corrected chi connectivity index (χ0v) is 10.4. The Bertz CT molecular complexity index is 637. The van der Waals surface area contributed by atoms with Gasteiger partial charge in [-0.3, -0.25) is 4.79 Å². The van der Waals surface area contributed by atoms with E-state index in [9.17, 15) is 9.18 Å². The molecule has 2 aromatic carbocycles. The largest absolute Gasteiger partial charge is 0.370 e. The number of rotatable bonds is 2. The minimum Gasteiger partial charge on any atom is -0.370 e. The van der Waals surface area contributed by atoms with Crippen LogP contribution in [0.5, 0.6) is 0 Å². The van der Waals surface area contributed by atoms with E-state index in [1.165, 1.54) is 12.1 Å². The third-order valence-corrected chi connectivity index (χ3v) is 3.19. The maximum absolute atomic E-state index is 12.9. The first-order valence-electron chi connectivity index (χ1n) is 6.07. The quantitative estimate of drug-likeness (QED) is 0.866. The molecule has 0 fully saturated rings. The molecule has 0 radical (unpaired) electrons. The fourth-order valence-electron chi connectivity index (χ4n) is 2.24. The highest BCUT2D eigenvalue weighted by Gasteiger charge is 2.30. The van der Waals surface area contributed by atoms with E-state index in [4.69, 9.17) is 0 Å². The monoisotopic (exact) mass is 256 g/mol. The molecule has 0 bridgehead atoms. The Kier molecular flexibility index (Phi) is 2.71. The molecule has 3 rings (SSSR count). The van der Waals surface area contributed by atoms with Crippen LogP contribution >= 0.6 is 0 Å². The Morgan fingerprint density at radius 3 is 2.63 bits per heavy atom. The van der Waals surface area contributed by atoms with Gasteiger partial charge in [-0.25, -0.2) is 4.39 Å². The van der Waals surface area contributed by atoms with E-state index >= 15 is 0 Å². The molecule has 0 spiro atoms. The average Bonchev–Trinajstić information content (AvgIpc) is 2.69. The summed E-state index contributed by atoms with van der Waals surface area (Å²) < 4.78 is 12.9. The summed E-state index contributed by atoms with van der Waals surface area (Å²) in [5.41, 5.74) is 3.57. The van der Waals surface area contributed by atoms with Crippen LogP contribution in [-0.4, -0.2) is 5.91 Å². The standard InChI is InChI=1S/C15H13FN2O/c1-9-2-7-13-12(8-9)14(15(19)18-13)17-11-5-3-10(16)4-6-11/h2-8,14,17H,1H3,(H,18,19). The smallest absolute Gasteiger partial charge is 0.251 e. The van der Waals surface area contributed by atoms with Gasteiger partial charge in [0.15, 0.2) is 0 Å². The fourth-order valence-corrected chi connectivity index (χ4v) is 2.24. The third-order valence-electron chi connectivity index (χ3n) is 3.19. The van der Waals surface area contributed by atoms with Gasteiger partial charge in [-0.15, -0.1) is 0 Å². The van der Waals surface area contributed by atoms with Crippen LogP contribution in [0.4, 0.5) is 15.8 Å². The van der Waals surface area contributed by atoms with E-state index in [-0.39, 0.29) is 11.7 Å². The first-order valence-corrected chi connectivity index (χ1v) is 6.07. The molecule has 1 heterocycles. The molecule has 1 amide bonds. The lowest BCUT2D eigenvalue weighted by atomic mass is 10.1. The van der Waals surface area contributed by atoms with E-state index in [1.807, 2.05) is 25.1 Å². The van der Waals surface area contributed by atoms with Gasteiger partial charge >= 0.3 is 0 Å². The molecule has 0 saturated heterocycles. The third kappa shape index (κ3) is 2.17. The Labute approximate surface area is 110 Å². The average molecular weight is 256 g/mol. The number of carbonyl (C=O) groups excluding carboxylic acids is 1. The summed E-state index contributed by atoms with van der Waals surface area (Å²) in [6.45, 7) is 1.98. The second-order valence-corrected chi connectivity index (χ2v) is 4.66. The lowest BCUT2D eigenvalue weighted by molar-refractivity contribution is -0.116.